The molecule has 0 bridgehead atoms. The van der Waals surface area contributed by atoms with Crippen molar-refractivity contribution in [1.82, 2.24) is 10.2 Å². The molecular formula is C17H27BrN2. The Kier molecular flexibility index (Phi) is 6.06. The van der Waals surface area contributed by atoms with E-state index in [9.17, 15) is 0 Å². The van der Waals surface area contributed by atoms with Gasteiger partial charge in [0.15, 0.2) is 0 Å². The fourth-order valence-corrected chi connectivity index (χ4v) is 3.87. The Bertz CT molecular complexity index is 421. The van der Waals surface area contributed by atoms with E-state index in [2.05, 4.69) is 71.4 Å². The molecule has 1 aliphatic rings. The van der Waals surface area contributed by atoms with Crippen LogP contribution in [0.25, 0.3) is 0 Å². The standard InChI is InChI=1S/C17H27BrN2/c1-13-8-9-17(19-2)15(10-13)12-20(3)11-14-6-4-5-7-16(14)18/h4-7,13,15,17,19H,8-12H2,1-3H3. The quantitative estimate of drug-likeness (QED) is 0.875. The second-order valence-corrected chi connectivity index (χ2v) is 7.22. The minimum Gasteiger partial charge on any atom is -0.317 e. The third kappa shape index (κ3) is 4.31. The SMILES string of the molecule is CNC1CCC(C)CC1CN(C)Cc1ccccc1Br. The maximum Gasteiger partial charge on any atom is 0.0242 e. The maximum absolute atomic E-state index is 3.65. The van der Waals surface area contributed by atoms with Crippen LogP contribution in [0.1, 0.15) is 31.7 Å². The molecule has 1 saturated carbocycles. The number of nitrogens with one attached hydrogen (secondary N) is 1. The van der Waals surface area contributed by atoms with Gasteiger partial charge in [0.25, 0.3) is 0 Å². The summed E-state index contributed by atoms with van der Waals surface area (Å²) in [6.45, 7) is 4.59. The molecule has 2 nitrogen and oxygen atoms in total. The third-order valence-corrected chi connectivity index (χ3v) is 5.33. The normalized spacial score (nSPS) is 26.9. The van der Waals surface area contributed by atoms with Crippen LogP contribution in [-0.4, -0.2) is 31.6 Å². The molecule has 1 aromatic carbocycles. The Morgan fingerprint density at radius 3 is 2.75 bits per heavy atom. The van der Waals surface area contributed by atoms with Crippen LogP contribution >= 0.6 is 15.9 Å². The molecular weight excluding hydrogens is 312 g/mol. The van der Waals surface area contributed by atoms with Crippen molar-refractivity contribution in [2.75, 3.05) is 20.6 Å². The predicted molar refractivity (Wildman–Crippen MR) is 89.8 cm³/mol. The van der Waals surface area contributed by atoms with E-state index in [1.54, 1.807) is 0 Å². The van der Waals surface area contributed by atoms with Gasteiger partial charge in [0, 0.05) is 23.6 Å². The number of hydrogen-bond acceptors (Lipinski definition) is 2. The zero-order valence-electron chi connectivity index (χ0n) is 12.9. The van der Waals surface area contributed by atoms with Crippen LogP contribution < -0.4 is 5.32 Å². The Labute approximate surface area is 132 Å². The van der Waals surface area contributed by atoms with E-state index >= 15 is 0 Å². The molecule has 3 heteroatoms. The summed E-state index contributed by atoms with van der Waals surface area (Å²) in [5.41, 5.74) is 1.37. The van der Waals surface area contributed by atoms with Crippen LogP contribution in [0.2, 0.25) is 0 Å². The van der Waals surface area contributed by atoms with Crippen molar-refractivity contribution < 1.29 is 0 Å². The third-order valence-electron chi connectivity index (χ3n) is 4.56. The van der Waals surface area contributed by atoms with Crippen LogP contribution in [-0.2, 0) is 6.54 Å². The molecule has 1 aliphatic carbocycles. The topological polar surface area (TPSA) is 15.3 Å². The summed E-state index contributed by atoms with van der Waals surface area (Å²) in [7, 11) is 4.35. The number of halogens is 1. The van der Waals surface area contributed by atoms with E-state index in [-0.39, 0.29) is 0 Å². The van der Waals surface area contributed by atoms with E-state index in [1.165, 1.54) is 35.8 Å². The van der Waals surface area contributed by atoms with Crippen molar-refractivity contribution >= 4 is 15.9 Å². The Morgan fingerprint density at radius 2 is 2.05 bits per heavy atom. The Morgan fingerprint density at radius 1 is 1.30 bits per heavy atom. The number of benzene rings is 1. The lowest BCUT2D eigenvalue weighted by atomic mass is 9.78. The molecule has 0 aliphatic heterocycles. The van der Waals surface area contributed by atoms with Gasteiger partial charge in [-0.1, -0.05) is 41.1 Å². The summed E-state index contributed by atoms with van der Waals surface area (Å²) < 4.78 is 1.22. The molecule has 0 radical (unpaired) electrons. The molecule has 1 fully saturated rings. The summed E-state index contributed by atoms with van der Waals surface area (Å²) >= 11 is 3.65. The summed E-state index contributed by atoms with van der Waals surface area (Å²) in [6, 6.07) is 9.22. The van der Waals surface area contributed by atoms with Gasteiger partial charge in [0.2, 0.25) is 0 Å². The van der Waals surface area contributed by atoms with Crippen LogP contribution in [0.5, 0.6) is 0 Å². The molecule has 0 spiro atoms. The number of hydrogen-bond donors (Lipinski definition) is 1. The van der Waals surface area contributed by atoms with Crippen LogP contribution in [0.15, 0.2) is 28.7 Å². The lowest BCUT2D eigenvalue weighted by Crippen LogP contribution is -2.43. The highest BCUT2D eigenvalue weighted by Crippen LogP contribution is 2.30. The molecule has 1 aromatic rings. The van der Waals surface area contributed by atoms with Crippen LogP contribution in [0.3, 0.4) is 0 Å². The first-order valence-electron chi connectivity index (χ1n) is 7.69. The van der Waals surface area contributed by atoms with Crippen molar-refractivity contribution in [2.45, 2.75) is 38.8 Å². The second kappa shape index (κ2) is 7.58. The van der Waals surface area contributed by atoms with E-state index in [4.69, 9.17) is 0 Å². The molecule has 0 saturated heterocycles. The summed E-state index contributed by atoms with van der Waals surface area (Å²) in [5, 5.41) is 3.52. The first-order valence-corrected chi connectivity index (χ1v) is 8.48. The van der Waals surface area contributed by atoms with Crippen molar-refractivity contribution in [3.8, 4) is 0 Å². The van der Waals surface area contributed by atoms with Crippen LogP contribution in [0.4, 0.5) is 0 Å². The van der Waals surface area contributed by atoms with Gasteiger partial charge in [-0.25, -0.2) is 0 Å². The molecule has 112 valence electrons. The van der Waals surface area contributed by atoms with E-state index in [0.29, 0.717) is 6.04 Å². The van der Waals surface area contributed by atoms with Gasteiger partial charge in [-0.05, 0) is 56.8 Å². The molecule has 0 amide bonds. The average Bonchev–Trinajstić information content (AvgIpc) is 2.41. The Balaban J connectivity index is 1.92. The molecule has 2 rings (SSSR count). The van der Waals surface area contributed by atoms with Crippen molar-refractivity contribution in [2.24, 2.45) is 11.8 Å². The van der Waals surface area contributed by atoms with Gasteiger partial charge in [-0.15, -0.1) is 0 Å². The van der Waals surface area contributed by atoms with E-state index in [1.807, 2.05) is 0 Å². The lowest BCUT2D eigenvalue weighted by Gasteiger charge is -2.37. The average molecular weight is 339 g/mol. The first-order chi connectivity index (χ1) is 9.60. The van der Waals surface area contributed by atoms with Crippen LogP contribution in [0, 0.1) is 11.8 Å². The zero-order chi connectivity index (χ0) is 14.5. The predicted octanol–water partition coefficient (Wildman–Crippen LogP) is 3.91. The largest absolute Gasteiger partial charge is 0.317 e. The fraction of sp³-hybridized carbons (Fsp3) is 0.647. The van der Waals surface area contributed by atoms with Gasteiger partial charge >= 0.3 is 0 Å². The van der Waals surface area contributed by atoms with Gasteiger partial charge < -0.3 is 10.2 Å². The zero-order valence-corrected chi connectivity index (χ0v) is 14.5. The molecule has 0 aromatic heterocycles. The van der Waals surface area contributed by atoms with Gasteiger partial charge in [-0.2, -0.15) is 0 Å². The van der Waals surface area contributed by atoms with Gasteiger partial charge in [0.05, 0.1) is 0 Å². The first kappa shape index (κ1) is 16.0. The summed E-state index contributed by atoms with van der Waals surface area (Å²) in [5.74, 6) is 1.65. The summed E-state index contributed by atoms with van der Waals surface area (Å²) in [4.78, 5) is 2.47. The minimum absolute atomic E-state index is 0.688. The fourth-order valence-electron chi connectivity index (χ4n) is 3.46. The highest BCUT2D eigenvalue weighted by molar-refractivity contribution is 9.10. The molecule has 20 heavy (non-hydrogen) atoms. The highest BCUT2D eigenvalue weighted by Gasteiger charge is 2.28. The molecule has 0 heterocycles. The maximum atomic E-state index is 3.65. The molecule has 3 unspecified atom stereocenters. The van der Waals surface area contributed by atoms with Crippen molar-refractivity contribution in [3.05, 3.63) is 34.3 Å². The minimum atomic E-state index is 0.688. The molecule has 1 N–H and O–H groups in total. The van der Waals surface area contributed by atoms with Crippen molar-refractivity contribution in [3.63, 3.8) is 0 Å². The number of rotatable bonds is 5. The smallest absolute Gasteiger partial charge is 0.0242 e. The second-order valence-electron chi connectivity index (χ2n) is 6.36. The lowest BCUT2D eigenvalue weighted by molar-refractivity contribution is 0.162. The van der Waals surface area contributed by atoms with Crippen molar-refractivity contribution in [1.29, 1.82) is 0 Å². The van der Waals surface area contributed by atoms with Gasteiger partial charge in [0.1, 0.15) is 0 Å². The summed E-state index contributed by atoms with van der Waals surface area (Å²) in [6.07, 6.45) is 4.05. The Hall–Kier alpha value is -0.380. The van der Waals surface area contributed by atoms with Gasteiger partial charge in [-0.3, -0.25) is 0 Å². The monoisotopic (exact) mass is 338 g/mol. The molecule has 3 atom stereocenters. The number of nitrogens with zero attached hydrogens (tertiary/aromatic N) is 1. The van der Waals surface area contributed by atoms with E-state index in [0.717, 1.165) is 18.4 Å². The van der Waals surface area contributed by atoms with E-state index < -0.39 is 0 Å². The highest BCUT2D eigenvalue weighted by atomic mass is 79.9.